The van der Waals surface area contributed by atoms with Gasteiger partial charge in [0.05, 0.1) is 0 Å². The van der Waals surface area contributed by atoms with Gasteiger partial charge in [-0.2, -0.15) is 0 Å². The molecule has 0 aromatic heterocycles. The monoisotopic (exact) mass is 140 g/mol. The molecule has 1 aliphatic heterocycles. The number of amides is 1. The number of carbonyl (C=O) groups excluding carboxylic acids is 1. The summed E-state index contributed by atoms with van der Waals surface area (Å²) in [7, 11) is 1.65. The number of hydrogen-bond acceptors (Lipinski definition) is 2. The highest BCUT2D eigenvalue weighted by atomic mass is 16.1. The first-order valence-corrected chi connectivity index (χ1v) is 3.43. The Balaban J connectivity index is 2.24. The third-order valence-electron chi connectivity index (χ3n) is 1.55. The van der Waals surface area contributed by atoms with Crippen molar-refractivity contribution in [1.29, 1.82) is 0 Å². The fourth-order valence-corrected chi connectivity index (χ4v) is 0.962. The van der Waals surface area contributed by atoms with Crippen molar-refractivity contribution in [2.75, 3.05) is 13.6 Å². The minimum absolute atomic E-state index is 0.0871. The highest BCUT2D eigenvalue weighted by molar-refractivity contribution is 5.76. The molecule has 2 N–H and O–H groups in total. The Bertz CT molecular complexity index is 154. The lowest BCUT2D eigenvalue weighted by Gasteiger charge is -2.06. The van der Waals surface area contributed by atoms with Crippen molar-refractivity contribution in [3.05, 3.63) is 12.2 Å². The Labute approximate surface area is 60.5 Å². The second kappa shape index (κ2) is 3.37. The van der Waals surface area contributed by atoms with E-state index in [4.69, 9.17) is 0 Å². The molecular weight excluding hydrogens is 128 g/mol. The van der Waals surface area contributed by atoms with Crippen molar-refractivity contribution < 1.29 is 4.79 Å². The van der Waals surface area contributed by atoms with Crippen LogP contribution in [0.15, 0.2) is 12.2 Å². The SMILES string of the molecule is CNC(=O)C[C@H]1C=CCN1. The molecule has 0 fully saturated rings. The first-order valence-electron chi connectivity index (χ1n) is 3.43. The molecule has 1 atom stereocenters. The molecule has 0 aliphatic carbocycles. The Kier molecular flexibility index (Phi) is 2.45. The molecule has 0 bridgehead atoms. The summed E-state index contributed by atoms with van der Waals surface area (Å²) in [5.41, 5.74) is 0. The van der Waals surface area contributed by atoms with Crippen LogP contribution in [0, 0.1) is 0 Å². The van der Waals surface area contributed by atoms with Gasteiger partial charge in [-0.3, -0.25) is 4.79 Å². The van der Waals surface area contributed by atoms with Gasteiger partial charge in [0.25, 0.3) is 0 Å². The summed E-state index contributed by atoms with van der Waals surface area (Å²) < 4.78 is 0. The maximum atomic E-state index is 10.8. The minimum atomic E-state index is 0.0871. The molecule has 0 saturated heterocycles. The maximum absolute atomic E-state index is 10.8. The van der Waals surface area contributed by atoms with Crippen LogP contribution in [0.1, 0.15) is 6.42 Å². The molecular formula is C7H12N2O. The second-order valence-corrected chi connectivity index (χ2v) is 2.32. The van der Waals surface area contributed by atoms with Crippen LogP contribution in [-0.4, -0.2) is 25.5 Å². The van der Waals surface area contributed by atoms with Gasteiger partial charge in [0.1, 0.15) is 0 Å². The maximum Gasteiger partial charge on any atom is 0.221 e. The first kappa shape index (κ1) is 7.28. The molecule has 10 heavy (non-hydrogen) atoms. The van der Waals surface area contributed by atoms with Gasteiger partial charge in [-0.1, -0.05) is 12.2 Å². The number of rotatable bonds is 2. The van der Waals surface area contributed by atoms with Crippen molar-refractivity contribution in [3.63, 3.8) is 0 Å². The van der Waals surface area contributed by atoms with E-state index in [0.717, 1.165) is 6.54 Å². The summed E-state index contributed by atoms with van der Waals surface area (Å²) in [5.74, 6) is 0.0871. The minimum Gasteiger partial charge on any atom is -0.359 e. The van der Waals surface area contributed by atoms with Gasteiger partial charge in [-0.05, 0) is 0 Å². The van der Waals surface area contributed by atoms with Crippen molar-refractivity contribution in [3.8, 4) is 0 Å². The summed E-state index contributed by atoms with van der Waals surface area (Å²) >= 11 is 0. The fraction of sp³-hybridized carbons (Fsp3) is 0.571. The highest BCUT2D eigenvalue weighted by Crippen LogP contribution is 1.98. The van der Waals surface area contributed by atoms with E-state index in [1.807, 2.05) is 12.2 Å². The predicted molar refractivity (Wildman–Crippen MR) is 39.6 cm³/mol. The molecule has 56 valence electrons. The molecule has 0 spiro atoms. The van der Waals surface area contributed by atoms with Gasteiger partial charge in [-0.15, -0.1) is 0 Å². The van der Waals surface area contributed by atoms with Gasteiger partial charge in [0, 0.05) is 26.1 Å². The van der Waals surface area contributed by atoms with E-state index in [-0.39, 0.29) is 11.9 Å². The summed E-state index contributed by atoms with van der Waals surface area (Å²) in [4.78, 5) is 10.8. The predicted octanol–water partition coefficient (Wildman–Crippen LogP) is -0.350. The Morgan fingerprint density at radius 3 is 3.20 bits per heavy atom. The van der Waals surface area contributed by atoms with E-state index in [2.05, 4.69) is 10.6 Å². The van der Waals surface area contributed by atoms with Crippen LogP contribution in [0.3, 0.4) is 0 Å². The van der Waals surface area contributed by atoms with Crippen LogP contribution >= 0.6 is 0 Å². The third kappa shape index (κ3) is 1.84. The van der Waals surface area contributed by atoms with Crippen molar-refractivity contribution in [1.82, 2.24) is 10.6 Å². The average Bonchev–Trinajstić information content (AvgIpc) is 2.40. The van der Waals surface area contributed by atoms with Gasteiger partial charge in [-0.25, -0.2) is 0 Å². The lowest BCUT2D eigenvalue weighted by Crippen LogP contribution is -2.29. The van der Waals surface area contributed by atoms with Crippen LogP contribution in [0.5, 0.6) is 0 Å². The van der Waals surface area contributed by atoms with Gasteiger partial charge in [0.2, 0.25) is 5.91 Å². The summed E-state index contributed by atoms with van der Waals surface area (Å²) in [6.45, 7) is 0.891. The Morgan fingerprint density at radius 1 is 1.90 bits per heavy atom. The average molecular weight is 140 g/mol. The zero-order valence-electron chi connectivity index (χ0n) is 6.05. The lowest BCUT2D eigenvalue weighted by atomic mass is 10.2. The van der Waals surface area contributed by atoms with E-state index in [1.54, 1.807) is 7.05 Å². The topological polar surface area (TPSA) is 41.1 Å². The highest BCUT2D eigenvalue weighted by Gasteiger charge is 2.10. The van der Waals surface area contributed by atoms with Crippen molar-refractivity contribution >= 4 is 5.91 Å². The van der Waals surface area contributed by atoms with Crippen LogP contribution in [0.25, 0.3) is 0 Å². The van der Waals surface area contributed by atoms with Crippen LogP contribution < -0.4 is 10.6 Å². The number of hydrogen-bond donors (Lipinski definition) is 2. The second-order valence-electron chi connectivity index (χ2n) is 2.32. The zero-order valence-corrected chi connectivity index (χ0v) is 6.05. The molecule has 1 amide bonds. The van der Waals surface area contributed by atoms with E-state index >= 15 is 0 Å². The smallest absolute Gasteiger partial charge is 0.221 e. The molecule has 1 rings (SSSR count). The molecule has 0 aromatic rings. The fourth-order valence-electron chi connectivity index (χ4n) is 0.962. The Hall–Kier alpha value is -0.830. The van der Waals surface area contributed by atoms with E-state index < -0.39 is 0 Å². The van der Waals surface area contributed by atoms with E-state index in [0.29, 0.717) is 6.42 Å². The van der Waals surface area contributed by atoms with Crippen LogP contribution in [0.4, 0.5) is 0 Å². The van der Waals surface area contributed by atoms with Crippen LogP contribution in [0.2, 0.25) is 0 Å². The van der Waals surface area contributed by atoms with Crippen molar-refractivity contribution in [2.24, 2.45) is 0 Å². The van der Waals surface area contributed by atoms with E-state index in [9.17, 15) is 4.79 Å². The molecule has 1 heterocycles. The molecule has 0 radical (unpaired) electrons. The largest absolute Gasteiger partial charge is 0.359 e. The number of nitrogens with one attached hydrogen (secondary N) is 2. The van der Waals surface area contributed by atoms with E-state index in [1.165, 1.54) is 0 Å². The quantitative estimate of drug-likeness (QED) is 0.515. The number of carbonyl (C=O) groups is 1. The summed E-state index contributed by atoms with van der Waals surface area (Å²) in [6, 6.07) is 0.250. The van der Waals surface area contributed by atoms with Gasteiger partial charge < -0.3 is 10.6 Å². The Morgan fingerprint density at radius 2 is 2.70 bits per heavy atom. The lowest BCUT2D eigenvalue weighted by molar-refractivity contribution is -0.120. The first-order chi connectivity index (χ1) is 4.83. The normalized spacial score (nSPS) is 23.1. The molecule has 0 aromatic carbocycles. The molecule has 3 nitrogen and oxygen atoms in total. The van der Waals surface area contributed by atoms with Gasteiger partial charge in [0.15, 0.2) is 0 Å². The van der Waals surface area contributed by atoms with Crippen molar-refractivity contribution in [2.45, 2.75) is 12.5 Å². The molecule has 0 unspecified atom stereocenters. The molecule has 1 aliphatic rings. The molecule has 0 saturated carbocycles. The third-order valence-corrected chi connectivity index (χ3v) is 1.55. The molecule has 3 heteroatoms. The van der Waals surface area contributed by atoms with Crippen LogP contribution in [-0.2, 0) is 4.79 Å². The zero-order chi connectivity index (χ0) is 7.40. The van der Waals surface area contributed by atoms with Gasteiger partial charge >= 0.3 is 0 Å². The summed E-state index contributed by atoms with van der Waals surface area (Å²) in [6.07, 6.45) is 4.61. The summed E-state index contributed by atoms with van der Waals surface area (Å²) in [5, 5.41) is 5.73. The standard InChI is InChI=1S/C7H12N2O/c1-8-7(10)5-6-3-2-4-9-6/h2-3,6,9H,4-5H2,1H3,(H,8,10)/t6-/m1/s1.